The van der Waals surface area contributed by atoms with Crippen LogP contribution in [0.4, 0.5) is 11.1 Å². The molecule has 0 aliphatic carbocycles. The molecule has 3 rings (SSSR count). The SMILES string of the molecule is Clc1nc(Cl)nc(Nc2nc(-c3cccc(Br)c3)cs2)n1. The lowest BCUT2D eigenvalue weighted by molar-refractivity contribution is 1.05. The zero-order valence-corrected chi connectivity index (χ0v) is 14.1. The lowest BCUT2D eigenvalue weighted by atomic mass is 10.2. The molecule has 1 aromatic carbocycles. The number of hydrogen-bond donors (Lipinski definition) is 1. The second-order valence-electron chi connectivity index (χ2n) is 3.87. The summed E-state index contributed by atoms with van der Waals surface area (Å²) in [6, 6.07) is 7.90. The molecule has 0 saturated carbocycles. The van der Waals surface area contributed by atoms with Gasteiger partial charge in [-0.1, -0.05) is 28.1 Å². The first-order chi connectivity index (χ1) is 10.1. The van der Waals surface area contributed by atoms with Gasteiger partial charge in [0.1, 0.15) is 0 Å². The molecular formula is C12H6BrCl2N5S. The van der Waals surface area contributed by atoms with Gasteiger partial charge in [0.05, 0.1) is 5.69 Å². The first-order valence-electron chi connectivity index (χ1n) is 5.66. The van der Waals surface area contributed by atoms with E-state index < -0.39 is 0 Å². The number of nitrogens with zero attached hydrogens (tertiary/aromatic N) is 4. The molecule has 0 unspecified atom stereocenters. The Morgan fingerprint density at radius 2 is 1.81 bits per heavy atom. The number of rotatable bonds is 3. The predicted octanol–water partition coefficient (Wildman–Crippen LogP) is 4.81. The Labute approximate surface area is 142 Å². The molecule has 0 bridgehead atoms. The van der Waals surface area contributed by atoms with Gasteiger partial charge in [0.25, 0.3) is 0 Å². The lowest BCUT2D eigenvalue weighted by Crippen LogP contribution is -1.99. The fourth-order valence-corrected chi connectivity index (χ4v) is 3.07. The molecule has 2 aromatic heterocycles. The topological polar surface area (TPSA) is 63.6 Å². The minimum absolute atomic E-state index is 0.0290. The molecule has 1 N–H and O–H groups in total. The van der Waals surface area contributed by atoms with Gasteiger partial charge in [-0.2, -0.15) is 15.0 Å². The fraction of sp³-hybridized carbons (Fsp3) is 0. The van der Waals surface area contributed by atoms with Crippen molar-refractivity contribution in [3.8, 4) is 11.3 Å². The Hall–Kier alpha value is -1.28. The van der Waals surface area contributed by atoms with Crippen LogP contribution in [0.25, 0.3) is 11.3 Å². The predicted molar refractivity (Wildman–Crippen MR) is 88.4 cm³/mol. The summed E-state index contributed by atoms with van der Waals surface area (Å²) in [5.41, 5.74) is 1.87. The van der Waals surface area contributed by atoms with Crippen molar-refractivity contribution in [2.45, 2.75) is 0 Å². The Morgan fingerprint density at radius 1 is 1.05 bits per heavy atom. The van der Waals surface area contributed by atoms with Crippen molar-refractivity contribution < 1.29 is 0 Å². The first kappa shape index (κ1) is 14.6. The highest BCUT2D eigenvalue weighted by molar-refractivity contribution is 9.10. The number of thiazole rings is 1. The Bertz CT molecular complexity index is 775. The molecule has 106 valence electrons. The minimum Gasteiger partial charge on any atom is -0.300 e. The van der Waals surface area contributed by atoms with Crippen LogP contribution in [-0.4, -0.2) is 19.9 Å². The average Bonchev–Trinajstić information content (AvgIpc) is 2.86. The number of hydrogen-bond acceptors (Lipinski definition) is 6. The smallest absolute Gasteiger partial charge is 0.234 e. The summed E-state index contributed by atoms with van der Waals surface area (Å²) < 4.78 is 0.999. The van der Waals surface area contributed by atoms with Crippen molar-refractivity contribution >= 4 is 61.5 Å². The molecule has 5 nitrogen and oxygen atoms in total. The Balaban J connectivity index is 1.85. The van der Waals surface area contributed by atoms with E-state index in [4.69, 9.17) is 23.2 Å². The summed E-state index contributed by atoms with van der Waals surface area (Å²) in [7, 11) is 0. The van der Waals surface area contributed by atoms with E-state index >= 15 is 0 Å². The highest BCUT2D eigenvalue weighted by Crippen LogP contribution is 2.28. The van der Waals surface area contributed by atoms with Crippen LogP contribution < -0.4 is 5.32 Å². The monoisotopic (exact) mass is 401 g/mol. The van der Waals surface area contributed by atoms with E-state index in [1.54, 1.807) is 0 Å². The van der Waals surface area contributed by atoms with Gasteiger partial charge in [0, 0.05) is 15.4 Å². The van der Waals surface area contributed by atoms with Crippen LogP contribution in [0.1, 0.15) is 0 Å². The van der Waals surface area contributed by atoms with Gasteiger partial charge >= 0.3 is 0 Å². The average molecular weight is 403 g/mol. The Morgan fingerprint density at radius 3 is 2.52 bits per heavy atom. The second-order valence-corrected chi connectivity index (χ2v) is 6.32. The number of halogens is 3. The third kappa shape index (κ3) is 3.68. The zero-order valence-electron chi connectivity index (χ0n) is 10.2. The van der Waals surface area contributed by atoms with E-state index in [2.05, 4.69) is 41.2 Å². The molecule has 0 radical (unpaired) electrons. The van der Waals surface area contributed by atoms with Crippen molar-refractivity contribution in [1.29, 1.82) is 0 Å². The maximum atomic E-state index is 5.73. The quantitative estimate of drug-likeness (QED) is 0.681. The van der Waals surface area contributed by atoms with E-state index in [9.17, 15) is 0 Å². The maximum Gasteiger partial charge on any atom is 0.234 e. The van der Waals surface area contributed by atoms with Gasteiger partial charge in [-0.15, -0.1) is 11.3 Å². The van der Waals surface area contributed by atoms with Crippen LogP contribution in [0.5, 0.6) is 0 Å². The highest BCUT2D eigenvalue weighted by Gasteiger charge is 2.08. The second kappa shape index (κ2) is 6.23. The van der Waals surface area contributed by atoms with Gasteiger partial charge in [0.2, 0.25) is 16.5 Å². The van der Waals surface area contributed by atoms with E-state index in [0.717, 1.165) is 15.7 Å². The van der Waals surface area contributed by atoms with E-state index in [-0.39, 0.29) is 16.5 Å². The molecule has 0 spiro atoms. The van der Waals surface area contributed by atoms with E-state index in [1.165, 1.54) is 11.3 Å². The largest absolute Gasteiger partial charge is 0.300 e. The van der Waals surface area contributed by atoms with Gasteiger partial charge in [-0.3, -0.25) is 5.32 Å². The molecule has 0 saturated heterocycles. The number of aromatic nitrogens is 4. The van der Waals surface area contributed by atoms with Crippen molar-refractivity contribution in [3.63, 3.8) is 0 Å². The molecule has 9 heteroatoms. The van der Waals surface area contributed by atoms with Crippen LogP contribution in [0.2, 0.25) is 10.6 Å². The maximum absolute atomic E-state index is 5.73. The summed E-state index contributed by atoms with van der Waals surface area (Å²) in [5.74, 6) is 0.259. The highest BCUT2D eigenvalue weighted by atomic mass is 79.9. The molecule has 0 aliphatic heterocycles. The summed E-state index contributed by atoms with van der Waals surface area (Å²) in [5, 5.41) is 5.59. The van der Waals surface area contributed by atoms with Crippen molar-refractivity contribution in [2.75, 3.05) is 5.32 Å². The van der Waals surface area contributed by atoms with Crippen molar-refractivity contribution in [1.82, 2.24) is 19.9 Å². The number of anilines is 2. The molecule has 0 aliphatic rings. The van der Waals surface area contributed by atoms with Crippen LogP contribution in [0.15, 0.2) is 34.1 Å². The third-order valence-corrected chi connectivity index (χ3v) is 4.01. The number of benzene rings is 1. The van der Waals surface area contributed by atoms with Crippen molar-refractivity contribution in [3.05, 3.63) is 44.7 Å². The zero-order chi connectivity index (χ0) is 14.8. The normalized spacial score (nSPS) is 10.6. The summed E-state index contributed by atoms with van der Waals surface area (Å²) in [4.78, 5) is 16.0. The molecule has 3 aromatic rings. The summed E-state index contributed by atoms with van der Waals surface area (Å²) in [6.45, 7) is 0. The van der Waals surface area contributed by atoms with Crippen LogP contribution in [0, 0.1) is 0 Å². The Kier molecular flexibility index (Phi) is 4.34. The third-order valence-electron chi connectivity index (χ3n) is 2.42. The molecule has 0 atom stereocenters. The minimum atomic E-state index is 0.0290. The molecular weight excluding hydrogens is 397 g/mol. The van der Waals surface area contributed by atoms with E-state index in [0.29, 0.717) is 5.13 Å². The summed E-state index contributed by atoms with van der Waals surface area (Å²) >= 11 is 16.3. The summed E-state index contributed by atoms with van der Waals surface area (Å²) in [6.07, 6.45) is 0. The molecule has 0 fully saturated rings. The van der Waals surface area contributed by atoms with Crippen LogP contribution in [-0.2, 0) is 0 Å². The van der Waals surface area contributed by atoms with Crippen molar-refractivity contribution in [2.24, 2.45) is 0 Å². The fourth-order valence-electron chi connectivity index (χ4n) is 1.59. The molecule has 2 heterocycles. The van der Waals surface area contributed by atoms with Gasteiger partial charge in [0.15, 0.2) is 5.13 Å². The van der Waals surface area contributed by atoms with Gasteiger partial charge < -0.3 is 0 Å². The van der Waals surface area contributed by atoms with Gasteiger partial charge in [-0.05, 0) is 35.3 Å². The lowest BCUT2D eigenvalue weighted by Gasteiger charge is -2.01. The van der Waals surface area contributed by atoms with E-state index in [1.807, 2.05) is 29.6 Å². The van der Waals surface area contributed by atoms with Crippen LogP contribution in [0.3, 0.4) is 0 Å². The number of nitrogens with one attached hydrogen (secondary N) is 1. The van der Waals surface area contributed by atoms with Crippen LogP contribution >= 0.6 is 50.5 Å². The molecule has 0 amide bonds. The van der Waals surface area contributed by atoms with Gasteiger partial charge in [-0.25, -0.2) is 4.98 Å². The first-order valence-corrected chi connectivity index (χ1v) is 8.08. The standard InChI is InChI=1S/C12H6BrCl2N5S/c13-7-3-1-2-6(4-7)8-5-21-12(16-8)20-11-18-9(14)17-10(15)19-11/h1-5H,(H,16,17,18,19,20). The molecule has 21 heavy (non-hydrogen) atoms.